The predicted molar refractivity (Wildman–Crippen MR) is 69.7 cm³/mol. The van der Waals surface area contributed by atoms with Crippen molar-refractivity contribution in [2.75, 3.05) is 13.1 Å². The second-order valence-electron chi connectivity index (χ2n) is 6.86. The molecule has 1 unspecified atom stereocenters. The second kappa shape index (κ2) is 4.27. The molecule has 3 heteroatoms. The van der Waals surface area contributed by atoms with E-state index < -0.39 is 0 Å². The lowest BCUT2D eigenvalue weighted by atomic mass is 9.96. The molecule has 0 spiro atoms. The third-order valence-corrected chi connectivity index (χ3v) is 5.20. The zero-order chi connectivity index (χ0) is 12.7. The molecule has 1 heterocycles. The minimum atomic E-state index is 0.238. The van der Waals surface area contributed by atoms with Crippen LogP contribution in [-0.4, -0.2) is 25.0 Å². The molecular formula is C14H26N2O. The topological polar surface area (TPSA) is 41.1 Å². The van der Waals surface area contributed by atoms with Gasteiger partial charge in [-0.2, -0.15) is 0 Å². The van der Waals surface area contributed by atoms with Gasteiger partial charge < -0.3 is 10.6 Å². The molecule has 98 valence electrons. The quantitative estimate of drug-likeness (QED) is 0.789. The lowest BCUT2D eigenvalue weighted by molar-refractivity contribution is -0.122. The Morgan fingerprint density at radius 3 is 2.41 bits per heavy atom. The Kier molecular flexibility index (Phi) is 3.23. The highest BCUT2D eigenvalue weighted by Crippen LogP contribution is 2.62. The van der Waals surface area contributed by atoms with E-state index in [-0.39, 0.29) is 16.7 Å². The van der Waals surface area contributed by atoms with Gasteiger partial charge >= 0.3 is 0 Å². The van der Waals surface area contributed by atoms with Crippen LogP contribution in [0, 0.1) is 16.7 Å². The van der Waals surface area contributed by atoms with Gasteiger partial charge in [-0.3, -0.25) is 4.79 Å². The average molecular weight is 238 g/mol. The van der Waals surface area contributed by atoms with Crippen molar-refractivity contribution in [3.8, 4) is 0 Å². The first-order valence-electron chi connectivity index (χ1n) is 6.86. The number of nitrogens with one attached hydrogen (secondary N) is 2. The Labute approximate surface area is 105 Å². The van der Waals surface area contributed by atoms with Crippen LogP contribution in [0.25, 0.3) is 0 Å². The maximum Gasteiger partial charge on any atom is 0.220 e. The number of amides is 1. The summed E-state index contributed by atoms with van der Waals surface area (Å²) in [6.07, 6.45) is 3.09. The summed E-state index contributed by atoms with van der Waals surface area (Å²) in [4.78, 5) is 12.0. The molecule has 2 N–H and O–H groups in total. The number of carbonyl (C=O) groups excluding carboxylic acids is 1. The van der Waals surface area contributed by atoms with Crippen molar-refractivity contribution < 1.29 is 4.79 Å². The highest BCUT2D eigenvalue weighted by atomic mass is 16.1. The monoisotopic (exact) mass is 238 g/mol. The summed E-state index contributed by atoms with van der Waals surface area (Å²) in [7, 11) is 0. The van der Waals surface area contributed by atoms with Crippen molar-refractivity contribution in [1.82, 2.24) is 10.6 Å². The van der Waals surface area contributed by atoms with Crippen molar-refractivity contribution in [1.29, 1.82) is 0 Å². The van der Waals surface area contributed by atoms with Crippen LogP contribution in [0.4, 0.5) is 0 Å². The minimum Gasteiger partial charge on any atom is -0.352 e. The molecule has 0 bridgehead atoms. The molecule has 0 aromatic rings. The number of piperidine rings is 1. The van der Waals surface area contributed by atoms with Crippen molar-refractivity contribution in [3.63, 3.8) is 0 Å². The van der Waals surface area contributed by atoms with Crippen LogP contribution >= 0.6 is 0 Å². The summed E-state index contributed by atoms with van der Waals surface area (Å²) in [5.74, 6) is 0.774. The summed E-state index contributed by atoms with van der Waals surface area (Å²) in [5.41, 5.74) is 0.487. The van der Waals surface area contributed by atoms with Gasteiger partial charge in [-0.1, -0.05) is 27.7 Å². The molecule has 2 fully saturated rings. The molecule has 1 saturated carbocycles. The van der Waals surface area contributed by atoms with Crippen molar-refractivity contribution in [2.45, 2.75) is 53.0 Å². The fraction of sp³-hybridized carbons (Fsp3) is 0.929. The highest BCUT2D eigenvalue weighted by Gasteiger charge is 2.65. The molecule has 2 rings (SSSR count). The van der Waals surface area contributed by atoms with E-state index in [0.29, 0.717) is 18.4 Å². The molecule has 2 aliphatic rings. The molecule has 1 aliphatic carbocycles. The molecule has 0 radical (unpaired) electrons. The number of hydrogen-bond acceptors (Lipinski definition) is 2. The van der Waals surface area contributed by atoms with E-state index in [2.05, 4.69) is 38.3 Å². The fourth-order valence-corrected chi connectivity index (χ4v) is 3.14. The van der Waals surface area contributed by atoms with Gasteiger partial charge in [-0.15, -0.1) is 0 Å². The molecule has 1 amide bonds. The standard InChI is InChI=1S/C14H26N2O/c1-13(2)12(14(13,3)4)16-11(17)8-10-6-5-7-15-9-10/h10,12,15H,5-9H2,1-4H3,(H,16,17). The van der Waals surface area contributed by atoms with Crippen LogP contribution in [0.1, 0.15) is 47.0 Å². The highest BCUT2D eigenvalue weighted by molar-refractivity contribution is 5.77. The van der Waals surface area contributed by atoms with Gasteiger partial charge in [0.05, 0.1) is 0 Å². The van der Waals surface area contributed by atoms with Crippen LogP contribution < -0.4 is 10.6 Å². The van der Waals surface area contributed by atoms with Crippen LogP contribution in [0.3, 0.4) is 0 Å². The van der Waals surface area contributed by atoms with E-state index in [1.165, 1.54) is 12.8 Å². The maximum atomic E-state index is 12.0. The second-order valence-corrected chi connectivity index (χ2v) is 6.86. The van der Waals surface area contributed by atoms with Crippen molar-refractivity contribution in [3.05, 3.63) is 0 Å². The van der Waals surface area contributed by atoms with Gasteiger partial charge in [0.2, 0.25) is 5.91 Å². The first kappa shape index (κ1) is 12.9. The number of carbonyl (C=O) groups is 1. The van der Waals surface area contributed by atoms with Gasteiger partial charge in [0.25, 0.3) is 0 Å². The third kappa shape index (κ3) is 2.35. The van der Waals surface area contributed by atoms with E-state index in [1.54, 1.807) is 0 Å². The molecule has 1 aliphatic heterocycles. The Morgan fingerprint density at radius 1 is 1.29 bits per heavy atom. The number of hydrogen-bond donors (Lipinski definition) is 2. The summed E-state index contributed by atoms with van der Waals surface area (Å²) in [6.45, 7) is 11.1. The molecule has 0 aromatic heterocycles. The normalized spacial score (nSPS) is 30.9. The summed E-state index contributed by atoms with van der Waals surface area (Å²) >= 11 is 0. The third-order valence-electron chi connectivity index (χ3n) is 5.20. The Morgan fingerprint density at radius 2 is 1.94 bits per heavy atom. The Bertz CT molecular complexity index is 289. The Balaban J connectivity index is 1.79. The predicted octanol–water partition coefficient (Wildman–Crippen LogP) is 1.93. The number of rotatable bonds is 3. The maximum absolute atomic E-state index is 12.0. The Hall–Kier alpha value is -0.570. The minimum absolute atomic E-state index is 0.238. The molecule has 1 atom stereocenters. The van der Waals surface area contributed by atoms with Crippen molar-refractivity contribution in [2.24, 2.45) is 16.7 Å². The average Bonchev–Trinajstić information content (AvgIpc) is 2.62. The zero-order valence-electron chi connectivity index (χ0n) is 11.6. The first-order valence-corrected chi connectivity index (χ1v) is 6.86. The molecule has 0 aromatic carbocycles. The largest absolute Gasteiger partial charge is 0.352 e. The lowest BCUT2D eigenvalue weighted by Crippen LogP contribution is -2.36. The summed E-state index contributed by atoms with van der Waals surface area (Å²) in [5, 5.41) is 6.58. The smallest absolute Gasteiger partial charge is 0.220 e. The summed E-state index contributed by atoms with van der Waals surface area (Å²) in [6, 6.07) is 0.346. The van der Waals surface area contributed by atoms with Gasteiger partial charge in [0.15, 0.2) is 0 Å². The van der Waals surface area contributed by atoms with E-state index in [1.807, 2.05) is 0 Å². The van der Waals surface area contributed by atoms with E-state index in [0.717, 1.165) is 13.1 Å². The summed E-state index contributed by atoms with van der Waals surface area (Å²) < 4.78 is 0. The lowest BCUT2D eigenvalue weighted by Gasteiger charge is -2.22. The SMILES string of the molecule is CC1(C)C(NC(=O)CC2CCCNC2)C1(C)C. The first-order chi connectivity index (χ1) is 7.85. The van der Waals surface area contributed by atoms with Crippen LogP contribution in [0.5, 0.6) is 0 Å². The van der Waals surface area contributed by atoms with Gasteiger partial charge in [0.1, 0.15) is 0 Å². The van der Waals surface area contributed by atoms with Gasteiger partial charge in [-0.05, 0) is 42.7 Å². The fourth-order valence-electron chi connectivity index (χ4n) is 3.14. The van der Waals surface area contributed by atoms with Crippen LogP contribution in [0.2, 0.25) is 0 Å². The van der Waals surface area contributed by atoms with Gasteiger partial charge in [-0.25, -0.2) is 0 Å². The molecule has 17 heavy (non-hydrogen) atoms. The van der Waals surface area contributed by atoms with Crippen LogP contribution in [-0.2, 0) is 4.79 Å². The van der Waals surface area contributed by atoms with Crippen molar-refractivity contribution >= 4 is 5.91 Å². The zero-order valence-corrected chi connectivity index (χ0v) is 11.6. The molecular weight excluding hydrogens is 212 g/mol. The van der Waals surface area contributed by atoms with Crippen LogP contribution in [0.15, 0.2) is 0 Å². The molecule has 3 nitrogen and oxygen atoms in total. The van der Waals surface area contributed by atoms with E-state index >= 15 is 0 Å². The van der Waals surface area contributed by atoms with Gasteiger partial charge in [0, 0.05) is 12.5 Å². The van der Waals surface area contributed by atoms with E-state index in [9.17, 15) is 4.79 Å². The van der Waals surface area contributed by atoms with E-state index in [4.69, 9.17) is 0 Å². The molecule has 1 saturated heterocycles.